The number of hydrogen-bond donors (Lipinski definition) is 1. The molecule has 1 atom stereocenters. The van der Waals surface area contributed by atoms with Gasteiger partial charge >= 0.3 is 0 Å². The van der Waals surface area contributed by atoms with Crippen molar-refractivity contribution >= 4 is 34.0 Å². The molecule has 0 aliphatic carbocycles. The molecule has 2 heterocycles. The van der Waals surface area contributed by atoms with E-state index < -0.39 is 0 Å². The SMILES string of the molecule is COCc1nnc(NC(=O)CN2CCC(c3ccccc3Cl)C2)s1. The first-order chi connectivity index (χ1) is 11.7. The number of nitrogens with zero attached hydrogens (tertiary/aromatic N) is 3. The first kappa shape index (κ1) is 17.3. The van der Waals surface area contributed by atoms with E-state index in [-0.39, 0.29) is 5.91 Å². The Morgan fingerprint density at radius 3 is 3.08 bits per heavy atom. The van der Waals surface area contributed by atoms with Crippen LogP contribution in [0.4, 0.5) is 5.13 Å². The second-order valence-electron chi connectivity index (χ2n) is 5.72. The molecule has 0 radical (unpaired) electrons. The van der Waals surface area contributed by atoms with Crippen molar-refractivity contribution in [3.63, 3.8) is 0 Å². The van der Waals surface area contributed by atoms with Crippen molar-refractivity contribution in [3.8, 4) is 0 Å². The third-order valence-electron chi connectivity index (χ3n) is 3.97. The first-order valence-electron chi connectivity index (χ1n) is 7.73. The number of benzene rings is 1. The summed E-state index contributed by atoms with van der Waals surface area (Å²) in [6, 6.07) is 7.92. The van der Waals surface area contributed by atoms with Gasteiger partial charge in [0.25, 0.3) is 0 Å². The fraction of sp³-hybridized carbons (Fsp3) is 0.438. The number of rotatable bonds is 6. The molecule has 0 spiro atoms. The van der Waals surface area contributed by atoms with Crippen molar-refractivity contribution in [2.24, 2.45) is 0 Å². The lowest BCUT2D eigenvalue weighted by Gasteiger charge is -2.15. The molecular weight excluding hydrogens is 348 g/mol. The van der Waals surface area contributed by atoms with Gasteiger partial charge in [-0.25, -0.2) is 0 Å². The predicted molar refractivity (Wildman–Crippen MR) is 94.5 cm³/mol. The smallest absolute Gasteiger partial charge is 0.240 e. The van der Waals surface area contributed by atoms with E-state index in [4.69, 9.17) is 16.3 Å². The normalized spacial score (nSPS) is 18.0. The lowest BCUT2D eigenvalue weighted by atomic mass is 9.98. The van der Waals surface area contributed by atoms with Crippen molar-refractivity contribution < 1.29 is 9.53 Å². The number of carbonyl (C=O) groups is 1. The Kier molecular flexibility index (Phi) is 5.78. The number of halogens is 1. The lowest BCUT2D eigenvalue weighted by molar-refractivity contribution is -0.117. The Hall–Kier alpha value is -1.54. The highest BCUT2D eigenvalue weighted by Gasteiger charge is 2.26. The first-order valence-corrected chi connectivity index (χ1v) is 8.93. The molecule has 8 heteroatoms. The highest BCUT2D eigenvalue weighted by molar-refractivity contribution is 7.15. The predicted octanol–water partition coefficient (Wildman–Crippen LogP) is 2.77. The fourth-order valence-electron chi connectivity index (χ4n) is 2.88. The van der Waals surface area contributed by atoms with Crippen LogP contribution in [0.25, 0.3) is 0 Å². The van der Waals surface area contributed by atoms with E-state index in [9.17, 15) is 4.79 Å². The van der Waals surface area contributed by atoms with Crippen LogP contribution in [-0.4, -0.2) is 47.7 Å². The van der Waals surface area contributed by atoms with Crippen LogP contribution in [0.3, 0.4) is 0 Å². The Bertz CT molecular complexity index is 709. The summed E-state index contributed by atoms with van der Waals surface area (Å²) in [5, 5.41) is 12.7. The monoisotopic (exact) mass is 366 g/mol. The van der Waals surface area contributed by atoms with Gasteiger partial charge in [0.05, 0.1) is 6.54 Å². The average molecular weight is 367 g/mol. The maximum Gasteiger partial charge on any atom is 0.240 e. The number of carbonyl (C=O) groups excluding carboxylic acids is 1. The molecule has 0 saturated carbocycles. The summed E-state index contributed by atoms with van der Waals surface area (Å²) in [6.45, 7) is 2.47. The fourth-order valence-corrected chi connectivity index (χ4v) is 3.90. The van der Waals surface area contributed by atoms with Gasteiger partial charge in [-0.2, -0.15) is 0 Å². The van der Waals surface area contributed by atoms with Crippen LogP contribution in [0.2, 0.25) is 5.02 Å². The number of methoxy groups -OCH3 is 1. The third kappa shape index (κ3) is 4.30. The maximum atomic E-state index is 12.2. The Morgan fingerprint density at radius 2 is 2.29 bits per heavy atom. The molecule has 1 saturated heterocycles. The van der Waals surface area contributed by atoms with E-state index in [2.05, 4.69) is 26.5 Å². The topological polar surface area (TPSA) is 67.4 Å². The van der Waals surface area contributed by atoms with Crippen molar-refractivity contribution in [3.05, 3.63) is 39.9 Å². The van der Waals surface area contributed by atoms with Crippen molar-refractivity contribution in [2.45, 2.75) is 18.9 Å². The molecule has 1 aromatic heterocycles. The van der Waals surface area contributed by atoms with Crippen LogP contribution in [-0.2, 0) is 16.1 Å². The van der Waals surface area contributed by atoms with Crippen LogP contribution in [0.1, 0.15) is 22.9 Å². The van der Waals surface area contributed by atoms with Crippen LogP contribution < -0.4 is 5.32 Å². The van der Waals surface area contributed by atoms with Gasteiger partial charge in [-0.3, -0.25) is 15.0 Å². The zero-order valence-corrected chi connectivity index (χ0v) is 14.9. The molecule has 0 bridgehead atoms. The lowest BCUT2D eigenvalue weighted by Crippen LogP contribution is -2.31. The summed E-state index contributed by atoms with van der Waals surface area (Å²) in [6.07, 6.45) is 1.01. The zero-order valence-electron chi connectivity index (χ0n) is 13.4. The van der Waals surface area contributed by atoms with Gasteiger partial charge in [-0.1, -0.05) is 41.1 Å². The molecule has 1 N–H and O–H groups in total. The molecule has 1 fully saturated rings. The van der Waals surface area contributed by atoms with Gasteiger partial charge in [-0.05, 0) is 30.5 Å². The summed E-state index contributed by atoms with van der Waals surface area (Å²) in [5.74, 6) is 0.302. The van der Waals surface area contributed by atoms with Crippen molar-refractivity contribution in [1.29, 1.82) is 0 Å². The number of hydrogen-bond acceptors (Lipinski definition) is 6. The minimum absolute atomic E-state index is 0.0741. The molecule has 3 rings (SSSR count). The van der Waals surface area contributed by atoms with Crippen LogP contribution in [0.5, 0.6) is 0 Å². The van der Waals surface area contributed by atoms with Gasteiger partial charge in [0, 0.05) is 18.7 Å². The number of anilines is 1. The number of ether oxygens (including phenoxy) is 1. The third-order valence-corrected chi connectivity index (χ3v) is 5.12. The molecular formula is C16H19ClN4O2S. The second kappa shape index (κ2) is 8.02. The Morgan fingerprint density at radius 1 is 1.46 bits per heavy atom. The largest absolute Gasteiger partial charge is 0.377 e. The van der Waals surface area contributed by atoms with Gasteiger partial charge < -0.3 is 4.74 Å². The highest BCUT2D eigenvalue weighted by atomic mass is 35.5. The van der Waals surface area contributed by atoms with Crippen LogP contribution in [0, 0.1) is 0 Å². The molecule has 1 amide bonds. The Balaban J connectivity index is 1.51. The van der Waals surface area contributed by atoms with E-state index >= 15 is 0 Å². The highest BCUT2D eigenvalue weighted by Crippen LogP contribution is 2.31. The van der Waals surface area contributed by atoms with E-state index in [0.29, 0.717) is 24.2 Å². The number of amides is 1. The minimum atomic E-state index is -0.0741. The minimum Gasteiger partial charge on any atom is -0.377 e. The van der Waals surface area contributed by atoms with Gasteiger partial charge in [-0.15, -0.1) is 10.2 Å². The van der Waals surface area contributed by atoms with Crippen molar-refractivity contribution in [1.82, 2.24) is 15.1 Å². The van der Waals surface area contributed by atoms with E-state index in [1.54, 1.807) is 7.11 Å². The standard InChI is InChI=1S/C16H19ClN4O2S/c1-23-10-15-19-20-16(24-15)18-14(22)9-21-7-6-11(8-21)12-4-2-3-5-13(12)17/h2-5,11H,6-10H2,1H3,(H,18,20,22). The molecule has 24 heavy (non-hydrogen) atoms. The quantitative estimate of drug-likeness (QED) is 0.851. The van der Waals surface area contributed by atoms with Crippen molar-refractivity contribution in [2.75, 3.05) is 32.1 Å². The second-order valence-corrected chi connectivity index (χ2v) is 7.19. The Labute approximate surface area is 149 Å². The molecule has 1 unspecified atom stereocenters. The molecule has 1 aromatic carbocycles. The molecule has 2 aromatic rings. The van der Waals surface area contributed by atoms with Crippen LogP contribution >= 0.6 is 22.9 Å². The van der Waals surface area contributed by atoms with Gasteiger partial charge in [0.2, 0.25) is 11.0 Å². The number of likely N-dealkylation sites (tertiary alicyclic amines) is 1. The summed E-state index contributed by atoms with van der Waals surface area (Å²) >= 11 is 7.60. The number of nitrogens with one attached hydrogen (secondary N) is 1. The maximum absolute atomic E-state index is 12.2. The number of aromatic nitrogens is 2. The van der Waals surface area contributed by atoms with Crippen LogP contribution in [0.15, 0.2) is 24.3 Å². The summed E-state index contributed by atoms with van der Waals surface area (Å²) in [5.41, 5.74) is 1.16. The van der Waals surface area contributed by atoms with Gasteiger partial charge in [0.15, 0.2) is 0 Å². The zero-order chi connectivity index (χ0) is 16.9. The van der Waals surface area contributed by atoms with E-state index in [1.165, 1.54) is 11.3 Å². The summed E-state index contributed by atoms with van der Waals surface area (Å²) < 4.78 is 4.99. The van der Waals surface area contributed by atoms with E-state index in [1.807, 2.05) is 18.2 Å². The van der Waals surface area contributed by atoms with Gasteiger partial charge in [0.1, 0.15) is 11.6 Å². The molecule has 6 nitrogen and oxygen atoms in total. The molecule has 128 valence electrons. The molecule has 1 aliphatic heterocycles. The molecule has 1 aliphatic rings. The summed E-state index contributed by atoms with van der Waals surface area (Å²) in [7, 11) is 1.60. The van der Waals surface area contributed by atoms with E-state index in [0.717, 1.165) is 35.1 Å². The average Bonchev–Trinajstić information content (AvgIpc) is 3.18. The summed E-state index contributed by atoms with van der Waals surface area (Å²) in [4.78, 5) is 14.3.